The molecule has 0 saturated carbocycles. The van der Waals surface area contributed by atoms with Gasteiger partial charge in [-0.25, -0.2) is 4.79 Å². The van der Waals surface area contributed by atoms with E-state index >= 15 is 0 Å². The molecule has 1 heterocycles. The number of nitrogens with zero attached hydrogens (tertiary/aromatic N) is 2. The van der Waals surface area contributed by atoms with Crippen LogP contribution in [0.15, 0.2) is 42.5 Å². The maximum absolute atomic E-state index is 12.6. The van der Waals surface area contributed by atoms with E-state index in [1.54, 1.807) is 31.2 Å². The van der Waals surface area contributed by atoms with Crippen molar-refractivity contribution in [2.75, 3.05) is 23.9 Å². The van der Waals surface area contributed by atoms with Crippen LogP contribution in [-0.2, 0) is 14.3 Å². The van der Waals surface area contributed by atoms with Crippen LogP contribution >= 0.6 is 0 Å². The van der Waals surface area contributed by atoms with Crippen molar-refractivity contribution >= 4 is 34.8 Å². The molecule has 1 N–H and O–H groups in total. The quantitative estimate of drug-likeness (QED) is 0.471. The molecule has 1 aliphatic heterocycles. The zero-order valence-corrected chi connectivity index (χ0v) is 15.9. The van der Waals surface area contributed by atoms with E-state index in [4.69, 9.17) is 0 Å². The van der Waals surface area contributed by atoms with Crippen molar-refractivity contribution in [3.05, 3.63) is 63.7 Å². The van der Waals surface area contributed by atoms with E-state index in [1.807, 2.05) is 0 Å². The predicted molar refractivity (Wildman–Crippen MR) is 105 cm³/mol. The monoisotopic (exact) mass is 397 g/mol. The summed E-state index contributed by atoms with van der Waals surface area (Å²) in [5.74, 6) is -1.69. The summed E-state index contributed by atoms with van der Waals surface area (Å²) in [4.78, 5) is 48.4. The number of benzene rings is 2. The number of carbonyl (C=O) groups is 3. The molecule has 1 aliphatic rings. The van der Waals surface area contributed by atoms with Crippen LogP contribution < -0.4 is 10.2 Å². The molecular weight excluding hydrogens is 378 g/mol. The average molecular weight is 397 g/mol. The molecule has 150 valence electrons. The highest BCUT2D eigenvalue weighted by Crippen LogP contribution is 2.30. The maximum atomic E-state index is 12.6. The standard InChI is InChI=1S/C20H19N3O6/c1-12-3-8-16(10-17(12)23(27)28)22-11-14(9-18(22)24)19(25)21-15-6-4-13(5-7-15)20(26)29-2/h3-8,10,14H,9,11H2,1-2H3,(H,21,25)/t14-/m0/s1. The highest BCUT2D eigenvalue weighted by molar-refractivity contribution is 6.03. The van der Waals surface area contributed by atoms with Crippen LogP contribution in [0.4, 0.5) is 17.1 Å². The van der Waals surface area contributed by atoms with E-state index in [2.05, 4.69) is 10.1 Å². The van der Waals surface area contributed by atoms with Crippen LogP contribution in [-0.4, -0.2) is 36.4 Å². The number of ether oxygens (including phenoxy) is 1. The molecule has 0 aromatic heterocycles. The summed E-state index contributed by atoms with van der Waals surface area (Å²) in [7, 11) is 1.28. The molecule has 2 aromatic carbocycles. The van der Waals surface area contributed by atoms with E-state index in [0.29, 0.717) is 22.5 Å². The second-order valence-electron chi connectivity index (χ2n) is 6.69. The number of hydrogen-bond donors (Lipinski definition) is 1. The first-order valence-electron chi connectivity index (χ1n) is 8.85. The van der Waals surface area contributed by atoms with Gasteiger partial charge in [-0.2, -0.15) is 0 Å². The lowest BCUT2D eigenvalue weighted by Gasteiger charge is -2.17. The van der Waals surface area contributed by atoms with Gasteiger partial charge in [-0.05, 0) is 37.3 Å². The molecular formula is C20H19N3O6. The lowest BCUT2D eigenvalue weighted by molar-refractivity contribution is -0.385. The predicted octanol–water partition coefficient (Wildman–Crippen LogP) is 2.68. The van der Waals surface area contributed by atoms with E-state index in [-0.39, 0.29) is 30.5 Å². The molecule has 29 heavy (non-hydrogen) atoms. The van der Waals surface area contributed by atoms with Crippen LogP contribution in [0.3, 0.4) is 0 Å². The number of amides is 2. The van der Waals surface area contributed by atoms with Gasteiger partial charge in [0.2, 0.25) is 11.8 Å². The Hall–Kier alpha value is -3.75. The van der Waals surface area contributed by atoms with E-state index in [9.17, 15) is 24.5 Å². The smallest absolute Gasteiger partial charge is 0.337 e. The second-order valence-corrected chi connectivity index (χ2v) is 6.69. The minimum absolute atomic E-state index is 0.00769. The lowest BCUT2D eigenvalue weighted by atomic mass is 10.1. The third-order valence-electron chi connectivity index (χ3n) is 4.77. The number of aryl methyl sites for hydroxylation is 1. The van der Waals surface area contributed by atoms with Gasteiger partial charge in [-0.15, -0.1) is 0 Å². The molecule has 0 spiro atoms. The van der Waals surface area contributed by atoms with Gasteiger partial charge < -0.3 is 15.0 Å². The van der Waals surface area contributed by atoms with Gasteiger partial charge in [-0.1, -0.05) is 6.07 Å². The molecule has 2 aromatic rings. The number of hydrogen-bond acceptors (Lipinski definition) is 6. The number of rotatable bonds is 5. The van der Waals surface area contributed by atoms with Crippen molar-refractivity contribution in [2.24, 2.45) is 5.92 Å². The lowest BCUT2D eigenvalue weighted by Crippen LogP contribution is -2.28. The van der Waals surface area contributed by atoms with Crippen LogP contribution in [0.5, 0.6) is 0 Å². The van der Waals surface area contributed by atoms with E-state index in [0.717, 1.165) is 0 Å². The maximum Gasteiger partial charge on any atom is 0.337 e. The number of nitro groups is 1. The molecule has 9 nitrogen and oxygen atoms in total. The van der Waals surface area contributed by atoms with Crippen molar-refractivity contribution < 1.29 is 24.0 Å². The van der Waals surface area contributed by atoms with Gasteiger partial charge in [0.15, 0.2) is 0 Å². The van der Waals surface area contributed by atoms with Gasteiger partial charge in [0.05, 0.1) is 29.2 Å². The van der Waals surface area contributed by atoms with E-state index < -0.39 is 16.8 Å². The topological polar surface area (TPSA) is 119 Å². The molecule has 1 atom stereocenters. The number of esters is 1. The number of methoxy groups -OCH3 is 1. The Bertz CT molecular complexity index is 986. The Morgan fingerprint density at radius 2 is 1.90 bits per heavy atom. The largest absolute Gasteiger partial charge is 0.465 e. The SMILES string of the molecule is COC(=O)c1ccc(NC(=O)[C@H]2CC(=O)N(c3ccc(C)c([N+](=O)[O-])c3)C2)cc1. The number of nitro benzene ring substituents is 1. The summed E-state index contributed by atoms with van der Waals surface area (Å²) in [6.45, 7) is 1.75. The van der Waals surface area contributed by atoms with Crippen molar-refractivity contribution in [3.63, 3.8) is 0 Å². The van der Waals surface area contributed by atoms with Crippen molar-refractivity contribution in [2.45, 2.75) is 13.3 Å². The fourth-order valence-electron chi connectivity index (χ4n) is 3.15. The molecule has 1 saturated heterocycles. The molecule has 3 rings (SSSR count). The molecule has 0 radical (unpaired) electrons. The normalized spacial score (nSPS) is 15.9. The Morgan fingerprint density at radius 1 is 1.21 bits per heavy atom. The molecule has 2 amide bonds. The summed E-state index contributed by atoms with van der Waals surface area (Å²) < 4.78 is 4.62. The highest BCUT2D eigenvalue weighted by atomic mass is 16.6. The summed E-state index contributed by atoms with van der Waals surface area (Å²) in [5.41, 5.74) is 1.65. The van der Waals surface area contributed by atoms with Gasteiger partial charge in [0.1, 0.15) is 0 Å². The number of anilines is 2. The fraction of sp³-hybridized carbons (Fsp3) is 0.250. The Labute approximate surface area is 166 Å². The van der Waals surface area contributed by atoms with Gasteiger partial charge in [0, 0.05) is 30.3 Å². The molecule has 0 bridgehead atoms. The minimum Gasteiger partial charge on any atom is -0.465 e. The second kappa shape index (κ2) is 8.09. The average Bonchev–Trinajstić information content (AvgIpc) is 3.10. The van der Waals surface area contributed by atoms with Crippen LogP contribution in [0.25, 0.3) is 0 Å². The molecule has 9 heteroatoms. The highest BCUT2D eigenvalue weighted by Gasteiger charge is 2.35. The van der Waals surface area contributed by atoms with Gasteiger partial charge in [0.25, 0.3) is 5.69 Å². The van der Waals surface area contributed by atoms with Crippen molar-refractivity contribution in [3.8, 4) is 0 Å². The summed E-state index contributed by atoms with van der Waals surface area (Å²) in [5, 5.41) is 13.9. The summed E-state index contributed by atoms with van der Waals surface area (Å²) in [6, 6.07) is 10.8. The van der Waals surface area contributed by atoms with Crippen molar-refractivity contribution in [1.82, 2.24) is 0 Å². The Morgan fingerprint density at radius 3 is 2.52 bits per heavy atom. The molecule has 1 fully saturated rings. The first-order valence-corrected chi connectivity index (χ1v) is 8.85. The summed E-state index contributed by atoms with van der Waals surface area (Å²) in [6.07, 6.45) is 0.00769. The fourth-order valence-corrected chi connectivity index (χ4v) is 3.15. The number of nitrogens with one attached hydrogen (secondary N) is 1. The zero-order chi connectivity index (χ0) is 21.1. The first-order chi connectivity index (χ1) is 13.8. The molecule has 0 aliphatic carbocycles. The summed E-state index contributed by atoms with van der Waals surface area (Å²) >= 11 is 0. The number of carbonyl (C=O) groups excluding carboxylic acids is 3. The zero-order valence-electron chi connectivity index (χ0n) is 15.9. The third-order valence-corrected chi connectivity index (χ3v) is 4.77. The van der Waals surface area contributed by atoms with Crippen LogP contribution in [0, 0.1) is 23.0 Å². The van der Waals surface area contributed by atoms with Gasteiger partial charge in [-0.3, -0.25) is 19.7 Å². The minimum atomic E-state index is -0.594. The molecule has 0 unspecified atom stereocenters. The van der Waals surface area contributed by atoms with Crippen molar-refractivity contribution in [1.29, 1.82) is 0 Å². The van der Waals surface area contributed by atoms with Crippen LogP contribution in [0.1, 0.15) is 22.3 Å². The van der Waals surface area contributed by atoms with Gasteiger partial charge >= 0.3 is 5.97 Å². The van der Waals surface area contributed by atoms with Crippen LogP contribution in [0.2, 0.25) is 0 Å². The third kappa shape index (κ3) is 4.23. The Kier molecular flexibility index (Phi) is 5.58. The van der Waals surface area contributed by atoms with E-state index in [1.165, 1.54) is 30.2 Å². The first kappa shape index (κ1) is 20.0. The Balaban J connectivity index is 1.70.